The molecule has 120 valence electrons. The summed E-state index contributed by atoms with van der Waals surface area (Å²) < 4.78 is 5.13. The molecule has 5 heteroatoms. The topological polar surface area (TPSA) is 45.7 Å². The number of hydrogen-bond acceptors (Lipinski definition) is 3. The van der Waals surface area contributed by atoms with Gasteiger partial charge in [-0.3, -0.25) is 5.43 Å². The summed E-state index contributed by atoms with van der Waals surface area (Å²) in [6, 6.07) is 16.1. The van der Waals surface area contributed by atoms with Gasteiger partial charge in [0.2, 0.25) is 0 Å². The normalized spacial score (nSPS) is 10.5. The van der Waals surface area contributed by atoms with Crippen LogP contribution in [0.1, 0.15) is 23.6 Å². The maximum absolute atomic E-state index is 5.20. The van der Waals surface area contributed by atoms with Crippen molar-refractivity contribution in [2.75, 3.05) is 7.11 Å². The van der Waals surface area contributed by atoms with Crippen LogP contribution in [0.4, 0.5) is 0 Å². The van der Waals surface area contributed by atoms with Crippen LogP contribution in [0.3, 0.4) is 0 Å². The SMILES string of the molecule is CCc1ccc(/C=N\NC(=S)NCc2ccc(OC)cc2)cc1. The number of hydrogen-bond donors (Lipinski definition) is 2. The van der Waals surface area contributed by atoms with Gasteiger partial charge in [-0.2, -0.15) is 5.10 Å². The summed E-state index contributed by atoms with van der Waals surface area (Å²) in [4.78, 5) is 0. The highest BCUT2D eigenvalue weighted by Gasteiger charge is 1.96. The number of nitrogens with zero attached hydrogens (tertiary/aromatic N) is 1. The lowest BCUT2D eigenvalue weighted by atomic mass is 10.1. The Balaban J connectivity index is 1.76. The van der Waals surface area contributed by atoms with Crippen molar-refractivity contribution in [3.8, 4) is 5.75 Å². The van der Waals surface area contributed by atoms with E-state index in [1.165, 1.54) is 5.56 Å². The zero-order chi connectivity index (χ0) is 16.5. The first-order valence-electron chi connectivity index (χ1n) is 7.50. The van der Waals surface area contributed by atoms with Gasteiger partial charge in [-0.05, 0) is 47.5 Å². The molecule has 0 aliphatic carbocycles. The number of rotatable bonds is 6. The molecule has 2 N–H and O–H groups in total. The van der Waals surface area contributed by atoms with Crippen molar-refractivity contribution in [2.45, 2.75) is 19.9 Å². The van der Waals surface area contributed by atoms with Crippen molar-refractivity contribution >= 4 is 23.5 Å². The van der Waals surface area contributed by atoms with E-state index in [-0.39, 0.29) is 0 Å². The highest BCUT2D eigenvalue weighted by atomic mass is 32.1. The fraction of sp³-hybridized carbons (Fsp3) is 0.222. The molecule has 0 heterocycles. The van der Waals surface area contributed by atoms with Gasteiger partial charge in [0.05, 0.1) is 13.3 Å². The molecule has 0 amide bonds. The summed E-state index contributed by atoms with van der Waals surface area (Å²) in [5.74, 6) is 0.841. The zero-order valence-corrected chi connectivity index (χ0v) is 14.2. The van der Waals surface area contributed by atoms with Gasteiger partial charge in [0, 0.05) is 6.54 Å². The molecular weight excluding hydrogens is 306 g/mol. The van der Waals surface area contributed by atoms with Crippen LogP contribution in [0.2, 0.25) is 0 Å². The maximum Gasteiger partial charge on any atom is 0.187 e. The minimum Gasteiger partial charge on any atom is -0.497 e. The molecule has 0 saturated heterocycles. The Hall–Kier alpha value is -2.40. The van der Waals surface area contributed by atoms with Crippen LogP contribution in [-0.4, -0.2) is 18.4 Å². The molecule has 2 aromatic rings. The van der Waals surface area contributed by atoms with E-state index in [0.717, 1.165) is 23.3 Å². The second-order valence-electron chi connectivity index (χ2n) is 5.00. The summed E-state index contributed by atoms with van der Waals surface area (Å²) in [7, 11) is 1.65. The van der Waals surface area contributed by atoms with Crippen LogP contribution in [0.25, 0.3) is 0 Å². The molecular formula is C18H21N3OS. The molecule has 4 nitrogen and oxygen atoms in total. The molecule has 0 aliphatic heterocycles. The number of ether oxygens (including phenoxy) is 1. The van der Waals surface area contributed by atoms with E-state index in [2.05, 4.69) is 34.9 Å². The number of methoxy groups -OCH3 is 1. The molecule has 0 radical (unpaired) electrons. The van der Waals surface area contributed by atoms with Crippen LogP contribution < -0.4 is 15.5 Å². The molecule has 2 aromatic carbocycles. The fourth-order valence-corrected chi connectivity index (χ4v) is 2.09. The molecule has 0 unspecified atom stereocenters. The second-order valence-corrected chi connectivity index (χ2v) is 5.40. The van der Waals surface area contributed by atoms with Crippen molar-refractivity contribution in [1.82, 2.24) is 10.7 Å². The molecule has 0 aromatic heterocycles. The predicted molar refractivity (Wildman–Crippen MR) is 99.0 cm³/mol. The lowest BCUT2D eigenvalue weighted by molar-refractivity contribution is 0.414. The van der Waals surface area contributed by atoms with Gasteiger partial charge < -0.3 is 10.1 Å². The highest BCUT2D eigenvalue weighted by Crippen LogP contribution is 2.10. The van der Waals surface area contributed by atoms with Crippen LogP contribution in [0, 0.1) is 0 Å². The molecule has 2 rings (SSSR count). The summed E-state index contributed by atoms with van der Waals surface area (Å²) in [6.07, 6.45) is 2.79. The van der Waals surface area contributed by atoms with Crippen LogP contribution in [0.15, 0.2) is 53.6 Å². The minimum atomic E-state index is 0.488. The zero-order valence-electron chi connectivity index (χ0n) is 13.4. The van der Waals surface area contributed by atoms with Gasteiger partial charge in [-0.15, -0.1) is 0 Å². The molecule has 0 bridgehead atoms. The fourth-order valence-electron chi connectivity index (χ4n) is 1.97. The number of nitrogens with one attached hydrogen (secondary N) is 2. The van der Waals surface area contributed by atoms with Crippen molar-refractivity contribution in [3.05, 3.63) is 65.2 Å². The van der Waals surface area contributed by atoms with E-state index in [4.69, 9.17) is 17.0 Å². The number of thiocarbonyl (C=S) groups is 1. The van der Waals surface area contributed by atoms with Gasteiger partial charge in [-0.1, -0.05) is 43.3 Å². The third kappa shape index (κ3) is 5.71. The molecule has 0 atom stereocenters. The smallest absolute Gasteiger partial charge is 0.187 e. The summed E-state index contributed by atoms with van der Waals surface area (Å²) >= 11 is 5.20. The standard InChI is InChI=1S/C18H21N3OS/c1-3-14-4-6-16(7-5-14)13-20-21-18(23)19-12-15-8-10-17(22-2)11-9-15/h4-11,13H,3,12H2,1-2H3,(H2,19,21,23)/b20-13-. The van der Waals surface area contributed by atoms with E-state index in [1.54, 1.807) is 13.3 Å². The second kappa shape index (κ2) is 8.90. The Labute approximate surface area is 142 Å². The van der Waals surface area contributed by atoms with Gasteiger partial charge in [0.1, 0.15) is 5.75 Å². The van der Waals surface area contributed by atoms with Gasteiger partial charge in [0.15, 0.2) is 5.11 Å². The first kappa shape index (κ1) is 17.0. The van der Waals surface area contributed by atoms with Crippen molar-refractivity contribution < 1.29 is 4.74 Å². The summed E-state index contributed by atoms with van der Waals surface area (Å²) in [6.45, 7) is 2.77. The van der Waals surface area contributed by atoms with E-state index in [9.17, 15) is 0 Å². The van der Waals surface area contributed by atoms with Crippen molar-refractivity contribution in [3.63, 3.8) is 0 Å². The molecule has 0 aliphatic rings. The van der Waals surface area contributed by atoms with E-state index in [0.29, 0.717) is 11.7 Å². The van der Waals surface area contributed by atoms with Crippen molar-refractivity contribution in [2.24, 2.45) is 5.10 Å². The molecule has 0 spiro atoms. The Morgan fingerprint density at radius 1 is 1.09 bits per heavy atom. The summed E-state index contributed by atoms with van der Waals surface area (Å²) in [5.41, 5.74) is 6.28. The highest BCUT2D eigenvalue weighted by molar-refractivity contribution is 7.80. The number of hydrazone groups is 1. The van der Waals surface area contributed by atoms with Crippen LogP contribution in [-0.2, 0) is 13.0 Å². The van der Waals surface area contributed by atoms with E-state index < -0.39 is 0 Å². The first-order valence-corrected chi connectivity index (χ1v) is 7.91. The number of benzene rings is 2. The first-order chi connectivity index (χ1) is 11.2. The predicted octanol–water partition coefficient (Wildman–Crippen LogP) is 3.26. The largest absolute Gasteiger partial charge is 0.497 e. The van der Waals surface area contributed by atoms with Gasteiger partial charge in [-0.25, -0.2) is 0 Å². The average molecular weight is 327 g/mol. The van der Waals surface area contributed by atoms with Gasteiger partial charge >= 0.3 is 0 Å². The number of aryl methyl sites for hydroxylation is 1. The van der Waals surface area contributed by atoms with Crippen LogP contribution >= 0.6 is 12.2 Å². The van der Waals surface area contributed by atoms with E-state index >= 15 is 0 Å². The Kier molecular flexibility index (Phi) is 6.56. The Morgan fingerprint density at radius 2 is 1.74 bits per heavy atom. The van der Waals surface area contributed by atoms with E-state index in [1.807, 2.05) is 36.4 Å². The lowest BCUT2D eigenvalue weighted by Gasteiger charge is -2.07. The molecule has 0 saturated carbocycles. The van der Waals surface area contributed by atoms with Crippen molar-refractivity contribution in [1.29, 1.82) is 0 Å². The van der Waals surface area contributed by atoms with Gasteiger partial charge in [0.25, 0.3) is 0 Å². The Bertz CT molecular complexity index is 651. The lowest BCUT2D eigenvalue weighted by Crippen LogP contribution is -2.31. The summed E-state index contributed by atoms with van der Waals surface area (Å²) in [5, 5.41) is 7.73. The molecule has 0 fully saturated rings. The Morgan fingerprint density at radius 3 is 2.35 bits per heavy atom. The average Bonchev–Trinajstić information content (AvgIpc) is 2.61. The quantitative estimate of drug-likeness (QED) is 0.486. The minimum absolute atomic E-state index is 0.488. The third-order valence-corrected chi connectivity index (χ3v) is 3.62. The van der Waals surface area contributed by atoms with Crippen LogP contribution in [0.5, 0.6) is 5.75 Å². The molecule has 23 heavy (non-hydrogen) atoms. The third-order valence-electron chi connectivity index (χ3n) is 3.38. The monoisotopic (exact) mass is 327 g/mol. The maximum atomic E-state index is 5.20.